The summed E-state index contributed by atoms with van der Waals surface area (Å²) in [6, 6.07) is 5.77. The van der Waals surface area contributed by atoms with Crippen LogP contribution in [-0.2, 0) is 13.5 Å². The molecule has 1 aromatic carbocycles. The Kier molecular flexibility index (Phi) is 5.46. The van der Waals surface area contributed by atoms with Crippen molar-refractivity contribution in [2.24, 2.45) is 7.05 Å². The van der Waals surface area contributed by atoms with Gasteiger partial charge in [0.1, 0.15) is 0 Å². The minimum atomic E-state index is 0.179. The first-order valence-electron chi connectivity index (χ1n) is 6.75. The fraction of sp³-hybridized carbons (Fsp3) is 0.400. The lowest BCUT2D eigenvalue weighted by Crippen LogP contribution is -2.26. The predicted molar refractivity (Wildman–Crippen MR) is 84.4 cm³/mol. The smallest absolute Gasteiger partial charge is 0.0946 e. The number of benzene rings is 1. The first kappa shape index (κ1) is 15.4. The van der Waals surface area contributed by atoms with E-state index in [1.165, 1.54) is 0 Å². The van der Waals surface area contributed by atoms with Crippen molar-refractivity contribution < 1.29 is 0 Å². The lowest BCUT2D eigenvalue weighted by atomic mass is 10.0. The molecule has 108 valence electrons. The Hall–Kier alpha value is -1.03. The molecule has 0 amide bonds. The van der Waals surface area contributed by atoms with Crippen molar-refractivity contribution in [2.45, 2.75) is 25.8 Å². The molecule has 0 fully saturated rings. The fourth-order valence-electron chi connectivity index (χ4n) is 2.22. The maximum Gasteiger partial charge on any atom is 0.0946 e. The van der Waals surface area contributed by atoms with Crippen molar-refractivity contribution in [3.05, 3.63) is 52.0 Å². The Balaban J connectivity index is 2.23. The van der Waals surface area contributed by atoms with Crippen LogP contribution in [0.4, 0.5) is 0 Å². The molecule has 1 N–H and O–H groups in total. The fourth-order valence-corrected chi connectivity index (χ4v) is 2.61. The van der Waals surface area contributed by atoms with Crippen molar-refractivity contribution in [1.29, 1.82) is 0 Å². The van der Waals surface area contributed by atoms with E-state index in [4.69, 9.17) is 23.2 Å². The molecule has 2 rings (SSSR count). The maximum absolute atomic E-state index is 6.27. The quantitative estimate of drug-likeness (QED) is 0.873. The molecule has 0 saturated heterocycles. The minimum Gasteiger partial charge on any atom is -0.336 e. The molecule has 5 heteroatoms. The number of hydrogen-bond acceptors (Lipinski definition) is 2. The van der Waals surface area contributed by atoms with E-state index >= 15 is 0 Å². The highest BCUT2D eigenvalue weighted by atomic mass is 35.5. The van der Waals surface area contributed by atoms with Crippen molar-refractivity contribution >= 4 is 23.2 Å². The van der Waals surface area contributed by atoms with E-state index in [1.807, 2.05) is 42.3 Å². The van der Waals surface area contributed by atoms with Gasteiger partial charge in [0.15, 0.2) is 0 Å². The van der Waals surface area contributed by atoms with Crippen LogP contribution in [0.15, 0.2) is 30.7 Å². The van der Waals surface area contributed by atoms with Crippen molar-refractivity contribution in [1.82, 2.24) is 14.9 Å². The van der Waals surface area contributed by atoms with Gasteiger partial charge in [-0.3, -0.25) is 0 Å². The Morgan fingerprint density at radius 1 is 1.35 bits per heavy atom. The molecule has 1 atom stereocenters. The molecular weight excluding hydrogens is 293 g/mol. The van der Waals surface area contributed by atoms with Gasteiger partial charge in [0, 0.05) is 23.3 Å². The number of aromatic nitrogens is 2. The molecule has 0 bridgehead atoms. The highest BCUT2D eigenvalue weighted by Crippen LogP contribution is 2.26. The molecule has 2 aromatic rings. The van der Waals surface area contributed by atoms with E-state index in [0.29, 0.717) is 5.02 Å². The zero-order chi connectivity index (χ0) is 14.5. The Labute approximate surface area is 129 Å². The second-order valence-corrected chi connectivity index (χ2v) is 5.72. The van der Waals surface area contributed by atoms with Gasteiger partial charge in [-0.25, -0.2) is 4.98 Å². The Morgan fingerprint density at radius 2 is 2.15 bits per heavy atom. The lowest BCUT2D eigenvalue weighted by molar-refractivity contribution is 0.504. The van der Waals surface area contributed by atoms with Gasteiger partial charge in [-0.2, -0.15) is 0 Å². The van der Waals surface area contributed by atoms with E-state index in [0.717, 1.165) is 35.7 Å². The second kappa shape index (κ2) is 7.11. The number of aryl methyl sites for hydroxylation is 1. The van der Waals surface area contributed by atoms with Crippen molar-refractivity contribution in [3.63, 3.8) is 0 Å². The highest BCUT2D eigenvalue weighted by Gasteiger charge is 2.16. The van der Waals surface area contributed by atoms with Gasteiger partial charge in [-0.1, -0.05) is 30.1 Å². The van der Waals surface area contributed by atoms with Gasteiger partial charge in [-0.15, -0.1) is 0 Å². The summed E-state index contributed by atoms with van der Waals surface area (Å²) < 4.78 is 2.03. The standard InChI is InChI=1S/C15H19Cl2N3/c1-3-6-19-14(15-9-18-10-20(15)2)8-11-7-12(16)4-5-13(11)17/h4-5,7,9-10,14,19H,3,6,8H2,1-2H3. The van der Waals surface area contributed by atoms with Gasteiger partial charge in [-0.05, 0) is 43.1 Å². The largest absolute Gasteiger partial charge is 0.336 e. The van der Waals surface area contributed by atoms with Crippen LogP contribution in [0.25, 0.3) is 0 Å². The van der Waals surface area contributed by atoms with E-state index in [1.54, 1.807) is 0 Å². The average molecular weight is 312 g/mol. The van der Waals surface area contributed by atoms with E-state index in [9.17, 15) is 0 Å². The van der Waals surface area contributed by atoms with Gasteiger partial charge in [0.2, 0.25) is 0 Å². The molecule has 0 saturated carbocycles. The zero-order valence-electron chi connectivity index (χ0n) is 11.7. The summed E-state index contributed by atoms with van der Waals surface area (Å²) in [4.78, 5) is 4.20. The van der Waals surface area contributed by atoms with Crippen LogP contribution in [0.2, 0.25) is 10.0 Å². The van der Waals surface area contributed by atoms with Crippen LogP contribution in [0, 0.1) is 0 Å². The normalized spacial score (nSPS) is 12.6. The number of nitrogens with one attached hydrogen (secondary N) is 1. The monoisotopic (exact) mass is 311 g/mol. The average Bonchev–Trinajstić information content (AvgIpc) is 2.84. The van der Waals surface area contributed by atoms with Gasteiger partial charge in [0.25, 0.3) is 0 Å². The van der Waals surface area contributed by atoms with Crippen LogP contribution in [0.1, 0.15) is 30.6 Å². The van der Waals surface area contributed by atoms with Crippen LogP contribution in [-0.4, -0.2) is 16.1 Å². The van der Waals surface area contributed by atoms with Gasteiger partial charge < -0.3 is 9.88 Å². The molecule has 20 heavy (non-hydrogen) atoms. The number of rotatable bonds is 6. The van der Waals surface area contributed by atoms with Crippen LogP contribution < -0.4 is 5.32 Å². The van der Waals surface area contributed by atoms with Crippen molar-refractivity contribution in [2.75, 3.05) is 6.54 Å². The predicted octanol–water partition coefficient (Wildman–Crippen LogP) is 4.01. The summed E-state index contributed by atoms with van der Waals surface area (Å²) in [6.07, 6.45) is 5.58. The van der Waals surface area contributed by atoms with Gasteiger partial charge in [0.05, 0.1) is 18.1 Å². The highest BCUT2D eigenvalue weighted by molar-refractivity contribution is 6.33. The molecule has 1 aromatic heterocycles. The number of nitrogens with zero attached hydrogens (tertiary/aromatic N) is 2. The molecular formula is C15H19Cl2N3. The maximum atomic E-state index is 6.27. The summed E-state index contributed by atoms with van der Waals surface area (Å²) >= 11 is 12.3. The van der Waals surface area contributed by atoms with E-state index in [2.05, 4.69) is 17.2 Å². The zero-order valence-corrected chi connectivity index (χ0v) is 13.2. The molecule has 0 aliphatic heterocycles. The number of imidazole rings is 1. The summed E-state index contributed by atoms with van der Waals surface area (Å²) in [5, 5.41) is 5.01. The summed E-state index contributed by atoms with van der Waals surface area (Å²) in [7, 11) is 2.00. The lowest BCUT2D eigenvalue weighted by Gasteiger charge is -2.20. The van der Waals surface area contributed by atoms with E-state index < -0.39 is 0 Å². The molecule has 0 aliphatic rings. The number of halogens is 2. The summed E-state index contributed by atoms with van der Waals surface area (Å²) in [5.74, 6) is 0. The third-order valence-corrected chi connectivity index (χ3v) is 3.89. The molecule has 3 nitrogen and oxygen atoms in total. The van der Waals surface area contributed by atoms with Gasteiger partial charge >= 0.3 is 0 Å². The van der Waals surface area contributed by atoms with Crippen LogP contribution in [0.3, 0.4) is 0 Å². The Morgan fingerprint density at radius 3 is 2.80 bits per heavy atom. The van der Waals surface area contributed by atoms with Crippen LogP contribution >= 0.6 is 23.2 Å². The second-order valence-electron chi connectivity index (χ2n) is 4.88. The van der Waals surface area contributed by atoms with Crippen molar-refractivity contribution in [3.8, 4) is 0 Å². The number of hydrogen-bond donors (Lipinski definition) is 1. The molecule has 0 radical (unpaired) electrons. The Bertz CT molecular complexity index is 566. The summed E-state index contributed by atoms with van der Waals surface area (Å²) in [5.41, 5.74) is 2.20. The molecule has 0 spiro atoms. The molecule has 0 aliphatic carbocycles. The third-order valence-electron chi connectivity index (χ3n) is 3.28. The van der Waals surface area contributed by atoms with E-state index in [-0.39, 0.29) is 6.04 Å². The van der Waals surface area contributed by atoms with Crippen LogP contribution in [0.5, 0.6) is 0 Å². The SMILES string of the molecule is CCCNC(Cc1cc(Cl)ccc1Cl)c1cncn1C. The minimum absolute atomic E-state index is 0.179. The third kappa shape index (κ3) is 3.75. The topological polar surface area (TPSA) is 29.9 Å². The first-order chi connectivity index (χ1) is 9.61. The molecule has 1 heterocycles. The molecule has 1 unspecified atom stereocenters. The first-order valence-corrected chi connectivity index (χ1v) is 7.51. The summed E-state index contributed by atoms with van der Waals surface area (Å²) in [6.45, 7) is 3.10.